The van der Waals surface area contributed by atoms with E-state index in [1.165, 1.54) is 0 Å². The van der Waals surface area contributed by atoms with Gasteiger partial charge < -0.3 is 16.4 Å². The van der Waals surface area contributed by atoms with Crippen molar-refractivity contribution in [2.45, 2.75) is 26.8 Å². The second-order valence-electron chi connectivity index (χ2n) is 4.87. The highest BCUT2D eigenvalue weighted by Gasteiger charge is 2.18. The lowest BCUT2D eigenvalue weighted by atomic mass is 10.0. The third kappa shape index (κ3) is 3.79. The smallest absolute Gasteiger partial charge is 0.251 e. The Morgan fingerprint density at radius 2 is 1.89 bits per heavy atom. The monoisotopic (exact) mass is 263 g/mol. The zero-order valence-corrected chi connectivity index (χ0v) is 11.8. The first kappa shape index (κ1) is 15.2. The van der Waals surface area contributed by atoms with Gasteiger partial charge in [0, 0.05) is 18.3 Å². The molecule has 0 saturated carbocycles. The van der Waals surface area contributed by atoms with Crippen LogP contribution in [0.25, 0.3) is 0 Å². The standard InChI is InChI=1S/C14H21N3O2/c1-8(2)12(15)14(19)17-11-7-10(13(18)16-4)6-5-9(11)3/h5-8,12H,15H2,1-4H3,(H,16,18)(H,17,19)/t12-/m1/s1. The predicted molar refractivity (Wildman–Crippen MR) is 76.0 cm³/mol. The van der Waals surface area contributed by atoms with Crippen LogP contribution in [0.1, 0.15) is 29.8 Å². The third-order valence-electron chi connectivity index (χ3n) is 3.01. The first-order chi connectivity index (χ1) is 8.86. The number of rotatable bonds is 4. The quantitative estimate of drug-likeness (QED) is 0.765. The number of carbonyl (C=O) groups excluding carboxylic acids is 2. The minimum Gasteiger partial charge on any atom is -0.355 e. The Labute approximate surface area is 113 Å². The molecule has 0 heterocycles. The molecule has 0 saturated heterocycles. The van der Waals surface area contributed by atoms with Crippen LogP contribution in [-0.4, -0.2) is 24.9 Å². The number of carbonyl (C=O) groups is 2. The van der Waals surface area contributed by atoms with E-state index in [9.17, 15) is 9.59 Å². The molecular weight excluding hydrogens is 242 g/mol. The van der Waals surface area contributed by atoms with Crippen molar-refractivity contribution in [1.29, 1.82) is 0 Å². The lowest BCUT2D eigenvalue weighted by Crippen LogP contribution is -2.39. The van der Waals surface area contributed by atoms with Crippen molar-refractivity contribution in [3.05, 3.63) is 29.3 Å². The molecule has 1 rings (SSSR count). The molecule has 0 fully saturated rings. The minimum atomic E-state index is -0.567. The van der Waals surface area contributed by atoms with E-state index in [1.54, 1.807) is 25.2 Å². The molecule has 2 amide bonds. The lowest BCUT2D eigenvalue weighted by Gasteiger charge is -2.17. The second kappa shape index (κ2) is 6.33. The molecule has 1 aromatic rings. The molecule has 0 aliphatic heterocycles. The van der Waals surface area contributed by atoms with Crippen LogP contribution in [0.4, 0.5) is 5.69 Å². The highest BCUT2D eigenvalue weighted by Crippen LogP contribution is 2.17. The van der Waals surface area contributed by atoms with Gasteiger partial charge in [-0.05, 0) is 30.5 Å². The summed E-state index contributed by atoms with van der Waals surface area (Å²) in [5, 5.41) is 5.31. The van der Waals surface area contributed by atoms with Gasteiger partial charge in [-0.3, -0.25) is 9.59 Å². The predicted octanol–water partition coefficient (Wildman–Crippen LogP) is 1.28. The van der Waals surface area contributed by atoms with Crippen molar-refractivity contribution < 1.29 is 9.59 Å². The summed E-state index contributed by atoms with van der Waals surface area (Å²) in [7, 11) is 1.56. The van der Waals surface area contributed by atoms with Crippen LogP contribution in [0.15, 0.2) is 18.2 Å². The van der Waals surface area contributed by atoms with Gasteiger partial charge in [-0.1, -0.05) is 19.9 Å². The van der Waals surface area contributed by atoms with Crippen molar-refractivity contribution in [3.8, 4) is 0 Å². The highest BCUT2D eigenvalue weighted by atomic mass is 16.2. The molecule has 4 N–H and O–H groups in total. The summed E-state index contributed by atoms with van der Waals surface area (Å²) in [4.78, 5) is 23.5. The molecule has 0 aliphatic rings. The van der Waals surface area contributed by atoms with Crippen molar-refractivity contribution in [3.63, 3.8) is 0 Å². The Bertz CT molecular complexity index is 484. The molecule has 5 heteroatoms. The van der Waals surface area contributed by atoms with Crippen LogP contribution in [-0.2, 0) is 4.79 Å². The molecular formula is C14H21N3O2. The van der Waals surface area contributed by atoms with E-state index in [1.807, 2.05) is 20.8 Å². The molecule has 1 atom stereocenters. The number of aryl methyl sites for hydroxylation is 1. The third-order valence-corrected chi connectivity index (χ3v) is 3.01. The first-order valence-corrected chi connectivity index (χ1v) is 6.26. The Morgan fingerprint density at radius 1 is 1.26 bits per heavy atom. The molecule has 0 spiro atoms. The molecule has 1 aromatic carbocycles. The summed E-state index contributed by atoms with van der Waals surface area (Å²) in [5.41, 5.74) is 7.79. The fraction of sp³-hybridized carbons (Fsp3) is 0.429. The molecule has 0 bridgehead atoms. The molecule has 19 heavy (non-hydrogen) atoms. The van der Waals surface area contributed by atoms with E-state index < -0.39 is 6.04 Å². The van der Waals surface area contributed by atoms with Gasteiger partial charge in [-0.15, -0.1) is 0 Å². The maximum absolute atomic E-state index is 11.9. The molecule has 104 valence electrons. The van der Waals surface area contributed by atoms with E-state index in [0.29, 0.717) is 11.3 Å². The van der Waals surface area contributed by atoms with Gasteiger partial charge in [0.25, 0.3) is 5.91 Å². The number of nitrogens with one attached hydrogen (secondary N) is 2. The Balaban J connectivity index is 2.94. The first-order valence-electron chi connectivity index (χ1n) is 6.26. The molecule has 0 aliphatic carbocycles. The minimum absolute atomic E-state index is 0.0578. The highest BCUT2D eigenvalue weighted by molar-refractivity contribution is 5.99. The number of benzene rings is 1. The van der Waals surface area contributed by atoms with Crippen LogP contribution < -0.4 is 16.4 Å². The van der Waals surface area contributed by atoms with Crippen molar-refractivity contribution in [2.75, 3.05) is 12.4 Å². The molecule has 0 unspecified atom stereocenters. The van der Waals surface area contributed by atoms with E-state index in [4.69, 9.17) is 5.73 Å². The van der Waals surface area contributed by atoms with Crippen LogP contribution >= 0.6 is 0 Å². The van der Waals surface area contributed by atoms with Crippen molar-refractivity contribution in [1.82, 2.24) is 5.32 Å². The summed E-state index contributed by atoms with van der Waals surface area (Å²) < 4.78 is 0. The van der Waals surface area contributed by atoms with E-state index >= 15 is 0 Å². The SMILES string of the molecule is CNC(=O)c1ccc(C)c(NC(=O)[C@H](N)C(C)C)c1. The topological polar surface area (TPSA) is 84.2 Å². The van der Waals surface area contributed by atoms with Gasteiger partial charge in [0.05, 0.1) is 6.04 Å². The van der Waals surface area contributed by atoms with Gasteiger partial charge in [-0.2, -0.15) is 0 Å². The summed E-state index contributed by atoms with van der Waals surface area (Å²) in [6.07, 6.45) is 0. The maximum Gasteiger partial charge on any atom is 0.251 e. The van der Waals surface area contributed by atoms with E-state index in [2.05, 4.69) is 10.6 Å². The fourth-order valence-electron chi connectivity index (χ4n) is 1.56. The number of hydrogen-bond donors (Lipinski definition) is 3. The number of nitrogens with two attached hydrogens (primary N) is 1. The van der Waals surface area contributed by atoms with Gasteiger partial charge in [0.1, 0.15) is 0 Å². The second-order valence-corrected chi connectivity index (χ2v) is 4.87. The Morgan fingerprint density at radius 3 is 2.42 bits per heavy atom. The lowest BCUT2D eigenvalue weighted by molar-refractivity contribution is -0.118. The average molecular weight is 263 g/mol. The maximum atomic E-state index is 11.9. The van der Waals surface area contributed by atoms with Crippen LogP contribution in [0.2, 0.25) is 0 Å². The summed E-state index contributed by atoms with van der Waals surface area (Å²) >= 11 is 0. The zero-order chi connectivity index (χ0) is 14.6. The normalized spacial score (nSPS) is 12.1. The Hall–Kier alpha value is -1.88. The molecule has 5 nitrogen and oxygen atoms in total. The largest absolute Gasteiger partial charge is 0.355 e. The van der Waals surface area contributed by atoms with E-state index in [0.717, 1.165) is 5.56 Å². The van der Waals surface area contributed by atoms with Gasteiger partial charge >= 0.3 is 0 Å². The van der Waals surface area contributed by atoms with E-state index in [-0.39, 0.29) is 17.7 Å². The average Bonchev–Trinajstić information content (AvgIpc) is 2.39. The van der Waals surface area contributed by atoms with Crippen molar-refractivity contribution in [2.24, 2.45) is 11.7 Å². The van der Waals surface area contributed by atoms with Crippen molar-refractivity contribution >= 4 is 17.5 Å². The van der Waals surface area contributed by atoms with Gasteiger partial charge in [0.2, 0.25) is 5.91 Å². The number of hydrogen-bond acceptors (Lipinski definition) is 3. The number of anilines is 1. The molecule has 0 radical (unpaired) electrons. The van der Waals surface area contributed by atoms with Gasteiger partial charge in [-0.25, -0.2) is 0 Å². The Kier molecular flexibility index (Phi) is 5.06. The van der Waals surface area contributed by atoms with Crippen LogP contribution in [0.3, 0.4) is 0 Å². The zero-order valence-electron chi connectivity index (χ0n) is 11.8. The van der Waals surface area contributed by atoms with Crippen LogP contribution in [0, 0.1) is 12.8 Å². The van der Waals surface area contributed by atoms with Gasteiger partial charge in [0.15, 0.2) is 0 Å². The summed E-state index contributed by atoms with van der Waals surface area (Å²) in [6, 6.07) is 4.59. The number of amides is 2. The summed E-state index contributed by atoms with van der Waals surface area (Å²) in [6.45, 7) is 5.64. The summed E-state index contributed by atoms with van der Waals surface area (Å²) in [5.74, 6) is -0.377. The van der Waals surface area contributed by atoms with Crippen LogP contribution in [0.5, 0.6) is 0 Å². The fourth-order valence-corrected chi connectivity index (χ4v) is 1.56. The molecule has 0 aromatic heterocycles.